The Kier molecular flexibility index (Phi) is 13.3. The maximum Gasteiger partial charge on any atom is 0.101 e. The molecule has 2 unspecified atom stereocenters. The average molecular weight is 960 g/mol. The minimum Gasteiger partial charge on any atom is -0.329 e. The molecule has 11 rings (SSSR count). The third kappa shape index (κ3) is 9.39. The number of rotatable bonds is 15. The van der Waals surface area contributed by atoms with Gasteiger partial charge < -0.3 is 25.8 Å². The van der Waals surface area contributed by atoms with Crippen molar-refractivity contribution in [1.29, 1.82) is 0 Å². The molecule has 0 fully saturated rings. The highest BCUT2D eigenvalue weighted by atomic mass is 15.2. The number of para-hydroxylation sites is 1. The fraction of sp³-hybridized carbons (Fsp3) is 0.147. The number of fused-ring (bicyclic) bond motifs is 5. The van der Waals surface area contributed by atoms with Gasteiger partial charge >= 0.3 is 0 Å². The normalized spacial score (nSPS) is 12.8. The van der Waals surface area contributed by atoms with Gasteiger partial charge in [0.15, 0.2) is 0 Å². The van der Waals surface area contributed by atoms with Gasteiger partial charge in [-0.1, -0.05) is 173 Å². The highest BCUT2D eigenvalue weighted by molar-refractivity contribution is 6.24. The van der Waals surface area contributed by atoms with Crippen LogP contribution < -0.4 is 21.3 Å². The molecular formula is C68H62BN5. The molecule has 0 saturated heterocycles. The van der Waals surface area contributed by atoms with Crippen LogP contribution in [0, 0.1) is 0 Å². The number of hydrogen-bond donors (Lipinski definition) is 2. The number of benzene rings is 10. The first kappa shape index (κ1) is 48.1. The quantitative estimate of drug-likeness (QED) is 0.101. The van der Waals surface area contributed by atoms with E-state index in [1.54, 1.807) is 0 Å². The van der Waals surface area contributed by atoms with E-state index in [-0.39, 0.29) is 6.04 Å². The van der Waals surface area contributed by atoms with E-state index >= 15 is 0 Å². The van der Waals surface area contributed by atoms with Crippen molar-refractivity contribution in [3.05, 3.63) is 247 Å². The summed E-state index contributed by atoms with van der Waals surface area (Å²) in [5, 5.41) is 4.65. The maximum atomic E-state index is 6.41. The molecule has 5 nitrogen and oxygen atoms in total. The number of nitrogens with zero attached hydrogens (tertiary/aromatic N) is 3. The van der Waals surface area contributed by atoms with Crippen molar-refractivity contribution >= 4 is 74.5 Å². The first-order valence-electron chi connectivity index (χ1n) is 26.1. The summed E-state index contributed by atoms with van der Waals surface area (Å²) in [6, 6.07) is 81.7. The van der Waals surface area contributed by atoms with Crippen molar-refractivity contribution < 1.29 is 0 Å². The van der Waals surface area contributed by atoms with Crippen LogP contribution in [0.1, 0.15) is 68.8 Å². The van der Waals surface area contributed by atoms with Crippen molar-refractivity contribution in [2.45, 2.75) is 64.9 Å². The molecule has 0 aliphatic rings. The molecule has 0 amide bonds. The summed E-state index contributed by atoms with van der Waals surface area (Å²) in [7, 11) is 6.41. The molecule has 2 atom stereocenters. The Morgan fingerprint density at radius 3 is 1.46 bits per heavy atom. The van der Waals surface area contributed by atoms with Crippen molar-refractivity contribution in [3.63, 3.8) is 0 Å². The lowest BCUT2D eigenvalue weighted by Crippen LogP contribution is -2.33. The summed E-state index contributed by atoms with van der Waals surface area (Å²) < 4.78 is 2.42. The second kappa shape index (κ2) is 20.4. The van der Waals surface area contributed by atoms with Gasteiger partial charge in [0.2, 0.25) is 0 Å². The molecule has 1 aromatic heterocycles. The maximum absolute atomic E-state index is 6.41. The lowest BCUT2D eigenvalue weighted by molar-refractivity contribution is 0.719. The van der Waals surface area contributed by atoms with E-state index in [1.807, 2.05) is 26.0 Å². The van der Waals surface area contributed by atoms with Crippen molar-refractivity contribution in [2.75, 3.05) is 9.80 Å². The zero-order valence-electron chi connectivity index (χ0n) is 42.8. The second-order valence-corrected chi connectivity index (χ2v) is 20.1. The molecule has 6 heteroatoms. The molecular weight excluding hydrogens is 898 g/mol. The summed E-state index contributed by atoms with van der Waals surface area (Å²) in [5.41, 5.74) is 30.9. The first-order valence-corrected chi connectivity index (χ1v) is 26.1. The number of aryl methyl sites for hydroxylation is 2. The topological polar surface area (TPSA) is 63.4 Å². The van der Waals surface area contributed by atoms with Gasteiger partial charge in [-0.3, -0.25) is 0 Å². The van der Waals surface area contributed by atoms with Gasteiger partial charge in [-0.05, 0) is 160 Å². The highest BCUT2D eigenvalue weighted by Gasteiger charge is 2.23. The SMILES string of the molecule is [B]C(C)(N)c1ccc(N(c2ccc(-c3ccc(CCC)cc3)cc2)c2cccc3c2ccc2c3c3ccc(N(c4ccc(-c5ccc(CCC)cc5)cc4)c4ccc(C(C)N)cc4)cc3n2-c2ccccc2)cc1. The molecule has 1 heterocycles. The lowest BCUT2D eigenvalue weighted by atomic mass is 9.75. The van der Waals surface area contributed by atoms with E-state index in [1.165, 1.54) is 44.2 Å². The van der Waals surface area contributed by atoms with Gasteiger partial charge in [-0.25, -0.2) is 0 Å². The molecule has 11 aromatic rings. The average Bonchev–Trinajstić information content (AvgIpc) is 3.78. The van der Waals surface area contributed by atoms with Gasteiger partial charge in [0, 0.05) is 56.3 Å². The Morgan fingerprint density at radius 2 is 0.946 bits per heavy atom. The van der Waals surface area contributed by atoms with E-state index in [0.717, 1.165) is 98.4 Å². The van der Waals surface area contributed by atoms with Crippen LogP contribution >= 0.6 is 0 Å². The van der Waals surface area contributed by atoms with Crippen LogP contribution in [0.4, 0.5) is 34.1 Å². The number of anilines is 6. The largest absolute Gasteiger partial charge is 0.329 e. The fourth-order valence-corrected chi connectivity index (χ4v) is 10.7. The Hall–Kier alpha value is -8.16. The number of aromatic nitrogens is 1. The van der Waals surface area contributed by atoms with E-state index < -0.39 is 5.44 Å². The molecule has 0 aliphatic carbocycles. The smallest absolute Gasteiger partial charge is 0.101 e. The third-order valence-corrected chi connectivity index (χ3v) is 14.6. The number of hydrogen-bond acceptors (Lipinski definition) is 4. The zero-order chi connectivity index (χ0) is 50.9. The minimum atomic E-state index is -0.966. The predicted octanol–water partition coefficient (Wildman–Crippen LogP) is 17.4. The van der Waals surface area contributed by atoms with Crippen LogP contribution in [-0.2, 0) is 18.3 Å². The Morgan fingerprint density at radius 1 is 0.473 bits per heavy atom. The lowest BCUT2D eigenvalue weighted by Gasteiger charge is -2.28. The Bertz CT molecular complexity index is 3710. The summed E-state index contributed by atoms with van der Waals surface area (Å²) in [6.07, 6.45) is 4.44. The van der Waals surface area contributed by atoms with Gasteiger partial charge in [-0.15, -0.1) is 0 Å². The van der Waals surface area contributed by atoms with Crippen LogP contribution in [0.15, 0.2) is 224 Å². The predicted molar refractivity (Wildman–Crippen MR) is 316 cm³/mol. The summed E-state index contributed by atoms with van der Waals surface area (Å²) in [4.78, 5) is 4.71. The van der Waals surface area contributed by atoms with E-state index in [9.17, 15) is 0 Å². The first-order chi connectivity index (χ1) is 36.1. The molecule has 10 aromatic carbocycles. The van der Waals surface area contributed by atoms with Gasteiger partial charge in [-0.2, -0.15) is 0 Å². The molecule has 4 N–H and O–H groups in total. The van der Waals surface area contributed by atoms with Crippen molar-refractivity contribution in [3.8, 4) is 27.9 Å². The number of nitrogens with two attached hydrogens (primary N) is 2. The second-order valence-electron chi connectivity index (χ2n) is 20.1. The summed E-state index contributed by atoms with van der Waals surface area (Å²) >= 11 is 0. The molecule has 0 aliphatic heterocycles. The van der Waals surface area contributed by atoms with Gasteiger partial charge in [0.25, 0.3) is 0 Å². The standard InChI is InChI=1S/C68H62BN5/c1-5-11-47-17-21-50(22-18-47)52-27-35-57(36-28-52)72(56-33-25-49(26-34-56)46(3)70)60-41-42-63-66(45-60)74(55-13-8-7-9-14-55)65-44-43-61-62(67(63)65)15-10-16-64(61)73(59-39-31-54(32-40-59)68(4,69)71)58-37-29-53(30-38-58)51-23-19-48(12-6-2)20-24-51/h7-10,13-46H,5-6,11-12,70-71H2,1-4H3. The summed E-state index contributed by atoms with van der Waals surface area (Å²) in [5.74, 6) is 0. The summed E-state index contributed by atoms with van der Waals surface area (Å²) in [6.45, 7) is 8.31. The molecule has 362 valence electrons. The van der Waals surface area contributed by atoms with E-state index in [4.69, 9.17) is 19.3 Å². The monoisotopic (exact) mass is 960 g/mol. The Labute approximate surface area is 437 Å². The zero-order valence-corrected chi connectivity index (χ0v) is 42.8. The van der Waals surface area contributed by atoms with Crippen LogP contribution in [0.3, 0.4) is 0 Å². The third-order valence-electron chi connectivity index (χ3n) is 14.6. The molecule has 74 heavy (non-hydrogen) atoms. The van der Waals surface area contributed by atoms with Crippen LogP contribution in [-0.4, -0.2) is 12.4 Å². The highest BCUT2D eigenvalue weighted by Crippen LogP contribution is 2.46. The molecule has 0 spiro atoms. The Balaban J connectivity index is 1.07. The van der Waals surface area contributed by atoms with Gasteiger partial charge in [0.1, 0.15) is 7.85 Å². The van der Waals surface area contributed by atoms with Crippen LogP contribution in [0.5, 0.6) is 0 Å². The van der Waals surface area contributed by atoms with Crippen LogP contribution in [0.2, 0.25) is 0 Å². The van der Waals surface area contributed by atoms with Crippen LogP contribution in [0.25, 0.3) is 60.5 Å². The fourth-order valence-electron chi connectivity index (χ4n) is 10.7. The minimum absolute atomic E-state index is 0.0701. The molecule has 2 radical (unpaired) electrons. The van der Waals surface area contributed by atoms with Crippen molar-refractivity contribution in [2.24, 2.45) is 11.5 Å². The van der Waals surface area contributed by atoms with E-state index in [2.05, 4.69) is 241 Å². The van der Waals surface area contributed by atoms with E-state index in [0.29, 0.717) is 0 Å². The molecule has 0 saturated carbocycles. The van der Waals surface area contributed by atoms with Crippen molar-refractivity contribution in [1.82, 2.24) is 4.57 Å². The molecule has 0 bridgehead atoms. The van der Waals surface area contributed by atoms with Gasteiger partial charge in [0.05, 0.1) is 16.7 Å².